The average molecular weight is 590 g/mol. The van der Waals surface area contributed by atoms with Crippen LogP contribution in [-0.2, 0) is 12.7 Å². The van der Waals surface area contributed by atoms with Gasteiger partial charge in [0.25, 0.3) is 5.76 Å². The molecule has 0 spiro atoms. The molecule has 1 atom stereocenters. The first-order chi connectivity index (χ1) is 15.7. The first-order valence-corrected chi connectivity index (χ1v) is 10.6. The number of fused-ring (bicyclic) bond motifs is 1. The van der Waals surface area contributed by atoms with E-state index in [9.17, 15) is 23.1 Å². The molecule has 34 heavy (non-hydrogen) atoms. The molecule has 6 nitrogen and oxygen atoms in total. The third kappa shape index (κ3) is 5.27. The molecule has 10 heteroatoms. The topological polar surface area (TPSA) is 72.1 Å². The van der Waals surface area contributed by atoms with Gasteiger partial charge in [-0.25, -0.2) is 0 Å². The van der Waals surface area contributed by atoms with E-state index >= 15 is 0 Å². The molecule has 2 aromatic carbocycles. The zero-order valence-electron chi connectivity index (χ0n) is 18.6. The number of likely N-dealkylation sites (tertiary alicyclic amines) is 1. The smallest absolute Gasteiger partial charge is 0.453 e. The number of methoxy groups -OCH3 is 1. The van der Waals surface area contributed by atoms with Gasteiger partial charge in [0.15, 0.2) is 0 Å². The summed E-state index contributed by atoms with van der Waals surface area (Å²) >= 11 is 0. The van der Waals surface area contributed by atoms with Gasteiger partial charge in [0.2, 0.25) is 11.2 Å². The number of ether oxygens (including phenoxy) is 2. The number of rotatable bonds is 5. The largest absolute Gasteiger partial charge is 1.00 e. The van der Waals surface area contributed by atoms with Crippen molar-refractivity contribution in [2.45, 2.75) is 44.9 Å². The van der Waals surface area contributed by atoms with Crippen molar-refractivity contribution in [2.75, 3.05) is 13.7 Å². The van der Waals surface area contributed by atoms with Gasteiger partial charge in [-0.05, 0) is 62.7 Å². The number of nitrogens with zero attached hydrogens (tertiary/aromatic N) is 1. The van der Waals surface area contributed by atoms with Crippen molar-refractivity contribution in [3.8, 4) is 23.0 Å². The molecule has 3 aromatic rings. The predicted molar refractivity (Wildman–Crippen MR) is 116 cm³/mol. The van der Waals surface area contributed by atoms with Crippen molar-refractivity contribution >= 4 is 11.0 Å². The maximum absolute atomic E-state index is 13.9. The molecule has 0 amide bonds. The molecule has 1 aromatic heterocycles. The normalized spacial score (nSPS) is 16.8. The second kappa shape index (κ2) is 10.4. The van der Waals surface area contributed by atoms with E-state index < -0.39 is 23.1 Å². The first kappa shape index (κ1) is 26.1. The van der Waals surface area contributed by atoms with Gasteiger partial charge in [-0.15, -0.1) is 0 Å². The van der Waals surface area contributed by atoms with Crippen LogP contribution in [0.5, 0.6) is 23.0 Å². The summed E-state index contributed by atoms with van der Waals surface area (Å²) in [7, 11) is 1.45. The molecule has 1 aliphatic heterocycles. The molecule has 1 fully saturated rings. The number of phenolic OH excluding ortho intramolecular Hbond substituents is 1. The molecule has 0 radical (unpaired) electrons. The number of phenols is 1. The molecule has 184 valence electrons. The highest BCUT2D eigenvalue weighted by atomic mass is 127. The fourth-order valence-corrected chi connectivity index (χ4v) is 4.08. The number of piperidine rings is 1. The zero-order chi connectivity index (χ0) is 23.8. The van der Waals surface area contributed by atoms with Gasteiger partial charge in [0.1, 0.15) is 22.8 Å². The highest BCUT2D eigenvalue weighted by Crippen LogP contribution is 2.40. The second-order valence-electron chi connectivity index (χ2n) is 8.12. The Morgan fingerprint density at radius 2 is 1.79 bits per heavy atom. The fourth-order valence-electron chi connectivity index (χ4n) is 4.08. The molecule has 1 unspecified atom stereocenters. The standard InChI is InChI=1S/C24H24F3NO5.HI/c1-14-5-3-4-12-28(14)13-18-19(29)11-10-17-20(30)22(23(24(25,26)27)33-21(17)18)32-16-8-6-15(31-2)7-9-16;/h6-11,14,29H,3-5,12-13H2,1-2H3;1H/p-1. The van der Waals surface area contributed by atoms with E-state index in [1.165, 1.54) is 43.5 Å². The number of alkyl halides is 3. The Labute approximate surface area is 211 Å². The first-order valence-electron chi connectivity index (χ1n) is 10.6. The molecule has 4 rings (SSSR count). The number of halogens is 4. The third-order valence-electron chi connectivity index (χ3n) is 5.94. The Morgan fingerprint density at radius 3 is 2.41 bits per heavy atom. The van der Waals surface area contributed by atoms with Gasteiger partial charge in [0, 0.05) is 12.6 Å². The SMILES string of the molecule is COc1ccc(Oc2c(C(F)(F)F)oc3c(CN4CCCCC4C)c(O)ccc3c2=O)cc1.[I-]. The van der Waals surface area contributed by atoms with E-state index in [2.05, 4.69) is 4.90 Å². The Morgan fingerprint density at radius 1 is 1.12 bits per heavy atom. The van der Waals surface area contributed by atoms with Crippen molar-refractivity contribution in [3.05, 3.63) is 57.9 Å². The summed E-state index contributed by atoms with van der Waals surface area (Å²) in [6, 6.07) is 8.53. The lowest BCUT2D eigenvalue weighted by atomic mass is 10.0. The van der Waals surface area contributed by atoms with Crippen molar-refractivity contribution in [1.29, 1.82) is 0 Å². The Kier molecular flexibility index (Phi) is 8.02. The van der Waals surface area contributed by atoms with E-state index in [1.807, 2.05) is 6.92 Å². The number of benzene rings is 2. The predicted octanol–water partition coefficient (Wildman–Crippen LogP) is 2.70. The van der Waals surface area contributed by atoms with Crippen LogP contribution < -0.4 is 38.9 Å². The maximum Gasteiger partial charge on any atom is 0.453 e. The van der Waals surface area contributed by atoms with Gasteiger partial charge < -0.3 is 43.0 Å². The second-order valence-corrected chi connectivity index (χ2v) is 8.12. The van der Waals surface area contributed by atoms with Crippen LogP contribution in [0.1, 0.15) is 37.5 Å². The monoisotopic (exact) mass is 590 g/mol. The van der Waals surface area contributed by atoms with Gasteiger partial charge in [-0.1, -0.05) is 6.42 Å². The summed E-state index contributed by atoms with van der Waals surface area (Å²) in [5.41, 5.74) is -1.10. The Bertz CT molecular complexity index is 1210. The van der Waals surface area contributed by atoms with Crippen LogP contribution in [-0.4, -0.2) is 29.7 Å². The molecular formula is C24H24F3INO5-. The average Bonchev–Trinajstić information content (AvgIpc) is 2.78. The van der Waals surface area contributed by atoms with E-state index in [1.54, 1.807) is 0 Å². The molecule has 1 aliphatic rings. The summed E-state index contributed by atoms with van der Waals surface area (Å²) in [4.78, 5) is 15.2. The highest BCUT2D eigenvalue weighted by Gasteiger charge is 2.41. The quantitative estimate of drug-likeness (QED) is 0.462. The van der Waals surface area contributed by atoms with Crippen LogP contribution in [0.3, 0.4) is 0 Å². The van der Waals surface area contributed by atoms with Gasteiger partial charge in [0.05, 0.1) is 18.1 Å². The van der Waals surface area contributed by atoms with E-state index in [0.29, 0.717) is 5.75 Å². The fraction of sp³-hybridized carbons (Fsp3) is 0.375. The van der Waals surface area contributed by atoms with Crippen LogP contribution in [0, 0.1) is 0 Å². The van der Waals surface area contributed by atoms with Crippen LogP contribution in [0.15, 0.2) is 45.6 Å². The number of hydrogen-bond donors (Lipinski definition) is 1. The molecule has 1 saturated heterocycles. The summed E-state index contributed by atoms with van der Waals surface area (Å²) in [5, 5.41) is 10.4. The lowest BCUT2D eigenvalue weighted by molar-refractivity contribution is -0.154. The summed E-state index contributed by atoms with van der Waals surface area (Å²) in [6.07, 6.45) is -2.02. The van der Waals surface area contributed by atoms with E-state index in [-0.39, 0.29) is 64.6 Å². The Balaban J connectivity index is 0.00000324. The molecule has 0 aliphatic carbocycles. The number of aromatic hydroxyl groups is 1. The summed E-state index contributed by atoms with van der Waals surface area (Å²) in [6.45, 7) is 2.94. The third-order valence-corrected chi connectivity index (χ3v) is 5.94. The summed E-state index contributed by atoms with van der Waals surface area (Å²) in [5.74, 6) is -2.22. The van der Waals surface area contributed by atoms with E-state index in [0.717, 1.165) is 25.8 Å². The minimum Gasteiger partial charge on any atom is -1.00 e. The lowest BCUT2D eigenvalue weighted by Crippen LogP contribution is -3.00. The van der Waals surface area contributed by atoms with Crippen molar-refractivity contribution in [1.82, 2.24) is 4.90 Å². The van der Waals surface area contributed by atoms with Crippen LogP contribution in [0.4, 0.5) is 13.2 Å². The van der Waals surface area contributed by atoms with Crippen LogP contribution in [0.2, 0.25) is 0 Å². The summed E-state index contributed by atoms with van der Waals surface area (Å²) < 4.78 is 57.4. The van der Waals surface area contributed by atoms with Crippen LogP contribution >= 0.6 is 0 Å². The van der Waals surface area contributed by atoms with Crippen molar-refractivity contribution in [2.24, 2.45) is 0 Å². The molecular weight excluding hydrogens is 566 g/mol. The lowest BCUT2D eigenvalue weighted by Gasteiger charge is -2.33. The highest BCUT2D eigenvalue weighted by molar-refractivity contribution is 5.83. The molecule has 0 saturated carbocycles. The molecule has 1 N–H and O–H groups in total. The Hall–Kier alpha value is -2.47. The molecule has 2 heterocycles. The number of hydrogen-bond acceptors (Lipinski definition) is 6. The molecule has 0 bridgehead atoms. The van der Waals surface area contributed by atoms with Crippen molar-refractivity contribution in [3.63, 3.8) is 0 Å². The van der Waals surface area contributed by atoms with Gasteiger partial charge >= 0.3 is 6.18 Å². The maximum atomic E-state index is 13.9. The van der Waals surface area contributed by atoms with Gasteiger partial charge in [-0.2, -0.15) is 13.2 Å². The van der Waals surface area contributed by atoms with E-state index in [4.69, 9.17) is 13.9 Å². The minimum absolute atomic E-state index is 0. The zero-order valence-corrected chi connectivity index (χ0v) is 20.8. The van der Waals surface area contributed by atoms with Gasteiger partial charge in [-0.3, -0.25) is 9.69 Å². The minimum atomic E-state index is -4.99. The van der Waals surface area contributed by atoms with Crippen molar-refractivity contribution < 1.29 is 56.1 Å². The van der Waals surface area contributed by atoms with Crippen LogP contribution in [0.25, 0.3) is 11.0 Å².